The fourth-order valence-corrected chi connectivity index (χ4v) is 5.45. The summed E-state index contributed by atoms with van der Waals surface area (Å²) < 4.78 is 1.68. The Morgan fingerprint density at radius 3 is 1.19 bits per heavy atom. The van der Waals surface area contributed by atoms with Crippen molar-refractivity contribution in [2.75, 3.05) is 64.0 Å². The Balaban J connectivity index is 0.00000228. The van der Waals surface area contributed by atoms with Crippen LogP contribution in [-0.2, 0) is 9.59 Å². The Morgan fingerprint density at radius 2 is 0.889 bits per heavy atom. The van der Waals surface area contributed by atoms with Crippen LogP contribution in [0.25, 0.3) is 11.1 Å². The number of amides is 2. The molecule has 0 unspecified atom stereocenters. The van der Waals surface area contributed by atoms with Gasteiger partial charge in [0.15, 0.2) is 13.1 Å². The van der Waals surface area contributed by atoms with Crippen molar-refractivity contribution < 1.29 is 66.5 Å². The van der Waals surface area contributed by atoms with E-state index in [9.17, 15) is 9.59 Å². The smallest absolute Gasteiger partial charge is 0.279 e. The van der Waals surface area contributed by atoms with Gasteiger partial charge < -0.3 is 67.6 Å². The van der Waals surface area contributed by atoms with Crippen LogP contribution in [-0.4, -0.2) is 74.1 Å². The third-order valence-electron chi connectivity index (χ3n) is 7.51. The lowest BCUT2D eigenvalue weighted by Gasteiger charge is -2.37. The van der Waals surface area contributed by atoms with Gasteiger partial charge in [-0.3, -0.25) is 9.59 Å². The molecule has 0 bridgehead atoms. The van der Waals surface area contributed by atoms with Gasteiger partial charge >= 0.3 is 0 Å². The molecular formula is C28H40I2N4O2. The highest BCUT2D eigenvalue weighted by atomic mass is 127. The minimum Gasteiger partial charge on any atom is -1.00 e. The summed E-state index contributed by atoms with van der Waals surface area (Å²) in [7, 11) is 4.37. The molecule has 198 valence electrons. The third-order valence-corrected chi connectivity index (χ3v) is 7.51. The molecule has 2 heterocycles. The number of rotatable bonds is 7. The van der Waals surface area contributed by atoms with E-state index in [0.29, 0.717) is 13.1 Å². The fourth-order valence-electron chi connectivity index (χ4n) is 5.45. The van der Waals surface area contributed by atoms with Gasteiger partial charge in [0.1, 0.15) is 0 Å². The molecule has 0 saturated carbocycles. The zero-order valence-corrected chi connectivity index (χ0v) is 25.9. The monoisotopic (exact) mass is 718 g/mol. The van der Waals surface area contributed by atoms with Gasteiger partial charge in [0.2, 0.25) is 0 Å². The second-order valence-electron chi connectivity index (χ2n) is 10.8. The average Bonchev–Trinajstić information content (AvgIpc) is 2.80. The van der Waals surface area contributed by atoms with Crippen molar-refractivity contribution in [3.05, 3.63) is 48.5 Å². The van der Waals surface area contributed by atoms with E-state index in [-0.39, 0.29) is 59.8 Å². The molecule has 36 heavy (non-hydrogen) atoms. The molecule has 0 radical (unpaired) electrons. The molecule has 2 aliphatic rings. The number of likely N-dealkylation sites (tertiary alicyclic amines) is 2. The lowest BCUT2D eigenvalue weighted by molar-refractivity contribution is -0.906. The summed E-state index contributed by atoms with van der Waals surface area (Å²) in [4.78, 5) is 25.1. The normalized spacial score (nSPS) is 18.2. The van der Waals surface area contributed by atoms with Crippen LogP contribution in [0.3, 0.4) is 0 Å². The van der Waals surface area contributed by atoms with Crippen LogP contribution >= 0.6 is 0 Å². The molecule has 8 heteroatoms. The number of halogens is 2. The Kier molecular flexibility index (Phi) is 12.1. The summed E-state index contributed by atoms with van der Waals surface area (Å²) in [6, 6.07) is 16.0. The number of likely N-dealkylation sites (N-methyl/N-ethyl adjacent to an activating group) is 2. The first-order chi connectivity index (χ1) is 16.3. The standard InChI is InChI=1S/C28H38N4O2.2HI/c1-31(17-5-3-6-18-31)21-27(33)29-25-13-9-23(10-14-25)24-11-15-26(16-12-24)30-28(34)22-32(2)19-7-4-8-20-32;;/h9-16H,3-8,17-22H2,1-2H3;2*1H. The first kappa shape index (κ1) is 31.0. The molecular weight excluding hydrogens is 678 g/mol. The van der Waals surface area contributed by atoms with E-state index in [0.717, 1.165) is 57.6 Å². The van der Waals surface area contributed by atoms with Crippen LogP contribution in [0.1, 0.15) is 38.5 Å². The molecule has 2 amide bonds. The second-order valence-corrected chi connectivity index (χ2v) is 10.8. The van der Waals surface area contributed by atoms with E-state index in [1.165, 1.54) is 38.5 Å². The van der Waals surface area contributed by atoms with E-state index in [1.54, 1.807) is 0 Å². The maximum absolute atomic E-state index is 12.5. The van der Waals surface area contributed by atoms with Crippen molar-refractivity contribution >= 4 is 23.2 Å². The van der Waals surface area contributed by atoms with Gasteiger partial charge in [-0.1, -0.05) is 24.3 Å². The van der Waals surface area contributed by atoms with Crippen molar-refractivity contribution in [2.24, 2.45) is 0 Å². The number of piperidine rings is 2. The van der Waals surface area contributed by atoms with Gasteiger partial charge in [-0.05, 0) is 73.9 Å². The van der Waals surface area contributed by atoms with Crippen LogP contribution in [0.15, 0.2) is 48.5 Å². The highest BCUT2D eigenvalue weighted by Crippen LogP contribution is 2.24. The largest absolute Gasteiger partial charge is 1.00 e. The molecule has 2 aromatic carbocycles. The zero-order chi connectivity index (χ0) is 24.0. The topological polar surface area (TPSA) is 58.2 Å². The van der Waals surface area contributed by atoms with Crippen molar-refractivity contribution in [2.45, 2.75) is 38.5 Å². The van der Waals surface area contributed by atoms with Gasteiger partial charge in [-0.15, -0.1) is 0 Å². The molecule has 2 fully saturated rings. The predicted molar refractivity (Wildman–Crippen MR) is 138 cm³/mol. The van der Waals surface area contributed by atoms with Crippen LogP contribution in [0.2, 0.25) is 0 Å². The molecule has 2 saturated heterocycles. The van der Waals surface area contributed by atoms with Gasteiger partial charge in [0, 0.05) is 11.4 Å². The zero-order valence-electron chi connectivity index (χ0n) is 21.6. The number of hydrogen-bond donors (Lipinski definition) is 2. The molecule has 2 aromatic rings. The van der Waals surface area contributed by atoms with Crippen LogP contribution < -0.4 is 58.6 Å². The van der Waals surface area contributed by atoms with Crippen molar-refractivity contribution in [3.63, 3.8) is 0 Å². The third kappa shape index (κ3) is 8.95. The van der Waals surface area contributed by atoms with Crippen LogP contribution in [0, 0.1) is 0 Å². The fraction of sp³-hybridized carbons (Fsp3) is 0.500. The number of carbonyl (C=O) groups excluding carboxylic acids is 2. The number of nitrogens with zero attached hydrogens (tertiary/aromatic N) is 2. The first-order valence-corrected chi connectivity index (χ1v) is 12.8. The molecule has 2 aliphatic heterocycles. The quantitative estimate of drug-likeness (QED) is 0.271. The number of benzene rings is 2. The van der Waals surface area contributed by atoms with Gasteiger partial charge in [0.05, 0.1) is 40.3 Å². The number of quaternary nitrogens is 2. The highest BCUT2D eigenvalue weighted by Gasteiger charge is 2.28. The predicted octanol–water partition coefficient (Wildman–Crippen LogP) is -1.50. The van der Waals surface area contributed by atoms with Crippen LogP contribution in [0.5, 0.6) is 0 Å². The highest BCUT2D eigenvalue weighted by molar-refractivity contribution is 5.92. The van der Waals surface area contributed by atoms with E-state index >= 15 is 0 Å². The lowest BCUT2D eigenvalue weighted by Crippen LogP contribution is -3.00. The summed E-state index contributed by atoms with van der Waals surface area (Å²) in [5.41, 5.74) is 3.82. The summed E-state index contributed by atoms with van der Waals surface area (Å²) in [5.74, 6) is 0.163. The van der Waals surface area contributed by atoms with E-state index < -0.39 is 0 Å². The molecule has 2 N–H and O–H groups in total. The Labute approximate surface area is 250 Å². The molecule has 0 spiro atoms. The maximum atomic E-state index is 12.5. The molecule has 4 rings (SSSR count). The maximum Gasteiger partial charge on any atom is 0.279 e. The van der Waals surface area contributed by atoms with Gasteiger partial charge in [-0.25, -0.2) is 0 Å². The van der Waals surface area contributed by atoms with Crippen molar-refractivity contribution in [1.82, 2.24) is 0 Å². The average molecular weight is 718 g/mol. The van der Waals surface area contributed by atoms with Crippen LogP contribution in [0.4, 0.5) is 11.4 Å². The molecule has 6 nitrogen and oxygen atoms in total. The van der Waals surface area contributed by atoms with Gasteiger partial charge in [-0.2, -0.15) is 0 Å². The Morgan fingerprint density at radius 1 is 0.583 bits per heavy atom. The summed E-state index contributed by atoms with van der Waals surface area (Å²) in [6.07, 6.45) is 7.39. The summed E-state index contributed by atoms with van der Waals surface area (Å²) in [5, 5.41) is 6.11. The molecule has 0 aliphatic carbocycles. The number of nitrogens with one attached hydrogen (secondary N) is 2. The first-order valence-electron chi connectivity index (χ1n) is 12.8. The summed E-state index contributed by atoms with van der Waals surface area (Å²) in [6.45, 7) is 5.41. The van der Waals surface area contributed by atoms with Crippen molar-refractivity contribution in [3.8, 4) is 11.1 Å². The van der Waals surface area contributed by atoms with Crippen molar-refractivity contribution in [1.29, 1.82) is 0 Å². The molecule has 0 atom stereocenters. The minimum atomic E-state index is 0. The minimum absolute atomic E-state index is 0. The Hall–Kier alpha value is -1.24. The Bertz CT molecular complexity index is 902. The lowest BCUT2D eigenvalue weighted by atomic mass is 10.0. The second kappa shape index (κ2) is 14.1. The number of anilines is 2. The molecule has 0 aromatic heterocycles. The van der Waals surface area contributed by atoms with Gasteiger partial charge in [0.25, 0.3) is 11.8 Å². The number of carbonyl (C=O) groups is 2. The SMILES string of the molecule is C[N+]1(CC(=O)Nc2ccc(-c3ccc(NC(=O)C[N+]4(C)CCCCC4)cc3)cc2)CCCCC1.[I-].[I-]. The van der Waals surface area contributed by atoms with E-state index in [1.807, 2.05) is 48.5 Å². The van der Waals surface area contributed by atoms with E-state index in [4.69, 9.17) is 0 Å². The summed E-state index contributed by atoms with van der Waals surface area (Å²) >= 11 is 0. The number of hydrogen-bond acceptors (Lipinski definition) is 2. The van der Waals surface area contributed by atoms with E-state index in [2.05, 4.69) is 24.7 Å².